The van der Waals surface area contributed by atoms with Gasteiger partial charge in [0.2, 0.25) is 0 Å². The number of rotatable bonds is 7. The number of carboxylic acid groups (broad SMARTS) is 1. The van der Waals surface area contributed by atoms with E-state index < -0.39 is 17.8 Å². The van der Waals surface area contributed by atoms with E-state index in [1.165, 1.54) is 0 Å². The molecule has 1 fully saturated rings. The van der Waals surface area contributed by atoms with E-state index in [0.717, 1.165) is 16.7 Å². The van der Waals surface area contributed by atoms with Crippen molar-refractivity contribution < 1.29 is 19.7 Å². The van der Waals surface area contributed by atoms with Crippen molar-refractivity contribution in [3.8, 4) is 0 Å². The quantitative estimate of drug-likeness (QED) is 0.470. The van der Waals surface area contributed by atoms with Gasteiger partial charge >= 0.3 is 6.09 Å². The van der Waals surface area contributed by atoms with Gasteiger partial charge in [-0.2, -0.15) is 0 Å². The number of ether oxygens (including phenoxy) is 1. The summed E-state index contributed by atoms with van der Waals surface area (Å²) in [6, 6.07) is 30.0. The van der Waals surface area contributed by atoms with Crippen molar-refractivity contribution >= 4 is 6.09 Å². The maximum Gasteiger partial charge on any atom is 0.404 e. The first-order valence-corrected chi connectivity index (χ1v) is 11.1. The highest BCUT2D eigenvalue weighted by Gasteiger charge is 2.40. The second-order valence-electron chi connectivity index (χ2n) is 8.37. The number of aliphatic hydroxyl groups excluding tert-OH is 1. The van der Waals surface area contributed by atoms with Crippen LogP contribution in [-0.2, 0) is 10.3 Å². The van der Waals surface area contributed by atoms with Crippen LogP contribution in [0.4, 0.5) is 4.79 Å². The summed E-state index contributed by atoms with van der Waals surface area (Å²) in [5.74, 6) is -0.134. The zero-order valence-corrected chi connectivity index (χ0v) is 17.9. The number of amides is 1. The fourth-order valence-corrected chi connectivity index (χ4v) is 4.77. The van der Waals surface area contributed by atoms with Crippen LogP contribution >= 0.6 is 0 Å². The molecule has 0 aromatic heterocycles. The highest BCUT2D eigenvalue weighted by atomic mass is 16.5. The lowest BCUT2D eigenvalue weighted by atomic mass is 9.79. The van der Waals surface area contributed by atoms with Gasteiger partial charge in [0.15, 0.2) is 0 Å². The van der Waals surface area contributed by atoms with E-state index in [0.29, 0.717) is 25.9 Å². The van der Waals surface area contributed by atoms with E-state index in [4.69, 9.17) is 4.74 Å². The lowest BCUT2D eigenvalue weighted by molar-refractivity contribution is -0.0361. The van der Waals surface area contributed by atoms with Gasteiger partial charge < -0.3 is 20.3 Å². The minimum absolute atomic E-state index is 0.134. The van der Waals surface area contributed by atoms with Gasteiger partial charge in [0, 0.05) is 12.0 Å². The molecule has 3 N–H and O–H groups in total. The van der Waals surface area contributed by atoms with Gasteiger partial charge in [0.1, 0.15) is 5.60 Å². The molecule has 5 heteroatoms. The van der Waals surface area contributed by atoms with Gasteiger partial charge in [-0.15, -0.1) is 0 Å². The second kappa shape index (κ2) is 9.98. The zero-order valence-electron chi connectivity index (χ0n) is 17.9. The molecule has 0 saturated heterocycles. The Hall–Kier alpha value is -3.15. The Kier molecular flexibility index (Phi) is 6.88. The summed E-state index contributed by atoms with van der Waals surface area (Å²) in [7, 11) is 0. The van der Waals surface area contributed by atoms with Crippen LogP contribution in [0, 0.1) is 5.92 Å². The van der Waals surface area contributed by atoms with E-state index >= 15 is 0 Å². The predicted octanol–water partition coefficient (Wildman–Crippen LogP) is 4.79. The molecule has 0 unspecified atom stereocenters. The van der Waals surface area contributed by atoms with Crippen LogP contribution in [0.15, 0.2) is 91.0 Å². The summed E-state index contributed by atoms with van der Waals surface area (Å²) in [5, 5.41) is 22.2. The van der Waals surface area contributed by atoms with Crippen LogP contribution in [0.3, 0.4) is 0 Å². The number of carbonyl (C=O) groups is 1. The van der Waals surface area contributed by atoms with Gasteiger partial charge in [-0.1, -0.05) is 91.0 Å². The standard InChI is InChI=1S/C27H29NO4/c29-24-16-17-25(28-26(30)31)20(18-24)19-32-27(21-10-4-1-5-11-21,22-12-6-2-7-13-22)23-14-8-3-9-15-23/h1-15,20,24-25,28-29H,16-19H2,(H,30,31)/t20-,24+,25-/m0/s1. The van der Waals surface area contributed by atoms with Crippen molar-refractivity contribution in [2.75, 3.05) is 6.61 Å². The Balaban J connectivity index is 1.76. The van der Waals surface area contributed by atoms with Gasteiger partial charge in [0.25, 0.3) is 0 Å². The van der Waals surface area contributed by atoms with Crippen LogP contribution in [0.1, 0.15) is 36.0 Å². The normalized spacial score (nSPS) is 21.1. The van der Waals surface area contributed by atoms with Crippen molar-refractivity contribution in [2.24, 2.45) is 5.92 Å². The number of benzene rings is 3. The third-order valence-corrected chi connectivity index (χ3v) is 6.32. The molecular weight excluding hydrogens is 402 g/mol. The van der Waals surface area contributed by atoms with Crippen molar-refractivity contribution in [2.45, 2.75) is 37.0 Å². The summed E-state index contributed by atoms with van der Waals surface area (Å²) in [6.45, 7) is 0.306. The van der Waals surface area contributed by atoms with E-state index in [1.54, 1.807) is 0 Å². The number of hydrogen-bond acceptors (Lipinski definition) is 3. The molecule has 1 aliphatic carbocycles. The highest BCUT2D eigenvalue weighted by molar-refractivity contribution is 5.64. The molecule has 3 aromatic carbocycles. The Bertz CT molecular complexity index is 897. The maximum atomic E-state index is 11.3. The molecule has 1 saturated carbocycles. The molecule has 0 spiro atoms. The first-order chi connectivity index (χ1) is 15.6. The topological polar surface area (TPSA) is 78.8 Å². The molecule has 32 heavy (non-hydrogen) atoms. The van der Waals surface area contributed by atoms with Gasteiger partial charge in [-0.3, -0.25) is 0 Å². The molecule has 166 valence electrons. The first kappa shape index (κ1) is 22.1. The third-order valence-electron chi connectivity index (χ3n) is 6.32. The average Bonchev–Trinajstić information content (AvgIpc) is 2.83. The van der Waals surface area contributed by atoms with Crippen molar-refractivity contribution in [3.63, 3.8) is 0 Å². The van der Waals surface area contributed by atoms with Gasteiger partial charge in [-0.25, -0.2) is 4.79 Å². The SMILES string of the molecule is O=C(O)N[C@H]1CC[C@@H](O)C[C@H]1COC(c1ccccc1)(c1ccccc1)c1ccccc1. The average molecular weight is 432 g/mol. The van der Waals surface area contributed by atoms with Crippen molar-refractivity contribution in [1.82, 2.24) is 5.32 Å². The van der Waals surface area contributed by atoms with Crippen LogP contribution in [0.2, 0.25) is 0 Å². The summed E-state index contributed by atoms with van der Waals surface area (Å²) >= 11 is 0. The van der Waals surface area contributed by atoms with E-state index in [1.807, 2.05) is 54.6 Å². The third kappa shape index (κ3) is 4.69. The van der Waals surface area contributed by atoms with Crippen LogP contribution in [-0.4, -0.2) is 35.1 Å². The van der Waals surface area contributed by atoms with Gasteiger partial charge in [0.05, 0.1) is 12.7 Å². The van der Waals surface area contributed by atoms with Crippen molar-refractivity contribution in [1.29, 1.82) is 0 Å². The van der Waals surface area contributed by atoms with E-state index in [9.17, 15) is 15.0 Å². The molecule has 0 radical (unpaired) electrons. The molecule has 4 rings (SSSR count). The van der Waals surface area contributed by atoms with Crippen LogP contribution in [0.25, 0.3) is 0 Å². The summed E-state index contributed by atoms with van der Waals surface area (Å²) in [5.41, 5.74) is 2.13. The smallest absolute Gasteiger partial charge is 0.404 e. The molecule has 1 amide bonds. The number of nitrogens with one attached hydrogen (secondary N) is 1. The fourth-order valence-electron chi connectivity index (χ4n) is 4.77. The van der Waals surface area contributed by atoms with Crippen LogP contribution < -0.4 is 5.32 Å². The predicted molar refractivity (Wildman–Crippen MR) is 123 cm³/mol. The van der Waals surface area contributed by atoms with Crippen molar-refractivity contribution in [3.05, 3.63) is 108 Å². The molecule has 1 aliphatic rings. The summed E-state index contributed by atoms with van der Waals surface area (Å²) < 4.78 is 6.84. The minimum atomic E-state index is -1.04. The fraction of sp³-hybridized carbons (Fsp3) is 0.296. The summed E-state index contributed by atoms with van der Waals surface area (Å²) in [4.78, 5) is 11.3. The largest absolute Gasteiger partial charge is 0.465 e. The number of aliphatic hydroxyl groups is 1. The Morgan fingerprint density at radius 3 is 1.75 bits per heavy atom. The van der Waals surface area contributed by atoms with E-state index in [2.05, 4.69) is 41.7 Å². The first-order valence-electron chi connectivity index (χ1n) is 11.1. The molecule has 0 heterocycles. The lowest BCUT2D eigenvalue weighted by Crippen LogP contribution is -2.47. The molecule has 5 nitrogen and oxygen atoms in total. The molecule has 0 aliphatic heterocycles. The lowest BCUT2D eigenvalue weighted by Gasteiger charge is -2.40. The maximum absolute atomic E-state index is 11.3. The monoisotopic (exact) mass is 431 g/mol. The van der Waals surface area contributed by atoms with Crippen LogP contribution in [0.5, 0.6) is 0 Å². The highest BCUT2D eigenvalue weighted by Crippen LogP contribution is 2.41. The Morgan fingerprint density at radius 1 is 0.844 bits per heavy atom. The number of hydrogen-bond donors (Lipinski definition) is 3. The minimum Gasteiger partial charge on any atom is -0.465 e. The molecular formula is C27H29NO4. The molecule has 3 aromatic rings. The molecule has 3 atom stereocenters. The van der Waals surface area contributed by atoms with Gasteiger partial charge in [-0.05, 0) is 36.0 Å². The molecule has 0 bridgehead atoms. The second-order valence-corrected chi connectivity index (χ2v) is 8.37. The summed E-state index contributed by atoms with van der Waals surface area (Å²) in [6.07, 6.45) is 0.185. The Labute approximate surface area is 188 Å². The van der Waals surface area contributed by atoms with E-state index in [-0.39, 0.29) is 12.0 Å². The Morgan fingerprint density at radius 2 is 1.31 bits per heavy atom. The zero-order chi connectivity index (χ0) is 22.4.